The standard InChI is InChI=1S/C29H35NO4/c1-4-5-17-33-28-14-13-24(31)29(19-20-9-7-6-8-10-20)27(28)15-16-30(2)23(28)18-21-11-12-22(32-3)26(34-29)25(21)27/h6-12,23H,4-5,13-19H2,1-3H3/t23-,27-,28-,29+/m1/s1. The normalized spacial score (nSPS) is 33.4. The van der Waals surface area contributed by atoms with E-state index in [1.54, 1.807) is 7.11 Å². The molecule has 1 spiro atoms. The number of unbranched alkanes of at least 4 members (excludes halogenated alkanes) is 1. The number of likely N-dealkylation sites (tertiary alicyclic amines) is 1. The van der Waals surface area contributed by atoms with Crippen molar-refractivity contribution in [1.82, 2.24) is 4.90 Å². The summed E-state index contributed by atoms with van der Waals surface area (Å²) in [6, 6.07) is 14.8. The van der Waals surface area contributed by atoms with Crippen LogP contribution in [0, 0.1) is 0 Å². The number of Topliss-reactive ketones (excluding diaryl/α,β-unsaturated/α-hetero) is 1. The number of methoxy groups -OCH3 is 1. The molecule has 180 valence electrons. The molecular formula is C29H35NO4. The summed E-state index contributed by atoms with van der Waals surface area (Å²) in [6.07, 6.45) is 5.65. The van der Waals surface area contributed by atoms with Crippen LogP contribution in [0.2, 0.25) is 0 Å². The first-order chi connectivity index (χ1) is 16.5. The zero-order valence-corrected chi connectivity index (χ0v) is 20.6. The van der Waals surface area contributed by atoms with Gasteiger partial charge < -0.3 is 19.1 Å². The molecule has 6 rings (SSSR count). The Kier molecular flexibility index (Phi) is 5.09. The molecule has 1 saturated carbocycles. The van der Waals surface area contributed by atoms with Crippen LogP contribution in [0.25, 0.3) is 0 Å². The van der Waals surface area contributed by atoms with Gasteiger partial charge in [0.25, 0.3) is 0 Å². The molecule has 2 bridgehead atoms. The fraction of sp³-hybridized carbons (Fsp3) is 0.552. The minimum atomic E-state index is -0.982. The number of ether oxygens (including phenoxy) is 3. The molecule has 34 heavy (non-hydrogen) atoms. The maximum atomic E-state index is 14.2. The molecule has 1 saturated heterocycles. The van der Waals surface area contributed by atoms with Crippen LogP contribution in [0.4, 0.5) is 0 Å². The van der Waals surface area contributed by atoms with E-state index in [0.717, 1.165) is 55.7 Å². The third kappa shape index (κ3) is 2.60. The van der Waals surface area contributed by atoms with Crippen molar-refractivity contribution in [2.45, 2.75) is 74.5 Å². The van der Waals surface area contributed by atoms with E-state index in [-0.39, 0.29) is 11.8 Å². The van der Waals surface area contributed by atoms with Gasteiger partial charge in [-0.1, -0.05) is 49.7 Å². The summed E-state index contributed by atoms with van der Waals surface area (Å²) < 4.78 is 19.9. The topological polar surface area (TPSA) is 48.0 Å². The summed E-state index contributed by atoms with van der Waals surface area (Å²) in [7, 11) is 3.92. The van der Waals surface area contributed by atoms with E-state index in [4.69, 9.17) is 14.2 Å². The number of hydrogen-bond acceptors (Lipinski definition) is 5. The first-order valence-electron chi connectivity index (χ1n) is 12.8. The molecule has 4 atom stereocenters. The lowest BCUT2D eigenvalue weighted by molar-refractivity contribution is -0.231. The summed E-state index contributed by atoms with van der Waals surface area (Å²) >= 11 is 0. The quantitative estimate of drug-likeness (QED) is 0.569. The van der Waals surface area contributed by atoms with E-state index in [1.807, 2.05) is 24.3 Å². The predicted octanol–water partition coefficient (Wildman–Crippen LogP) is 4.49. The second-order valence-electron chi connectivity index (χ2n) is 10.6. The van der Waals surface area contributed by atoms with Crippen molar-refractivity contribution < 1.29 is 19.0 Å². The zero-order chi connectivity index (χ0) is 23.6. The lowest BCUT2D eigenvalue weighted by Gasteiger charge is -2.67. The first-order valence-corrected chi connectivity index (χ1v) is 12.8. The SMILES string of the molecule is CCCCO[C@@]12CCC(=O)[C@]3(Cc4ccccc4)Oc4c(OC)ccc5c4[C@@]31CCN(C)[C@@H]2C5. The maximum Gasteiger partial charge on any atom is 0.183 e. The third-order valence-corrected chi connectivity index (χ3v) is 9.19. The Hall–Kier alpha value is -2.37. The Balaban J connectivity index is 1.64. The van der Waals surface area contributed by atoms with Crippen molar-refractivity contribution in [3.05, 3.63) is 59.2 Å². The van der Waals surface area contributed by atoms with E-state index in [1.165, 1.54) is 11.1 Å². The van der Waals surface area contributed by atoms with Crippen LogP contribution in [0.5, 0.6) is 11.5 Å². The van der Waals surface area contributed by atoms with Gasteiger partial charge in [0.2, 0.25) is 0 Å². The van der Waals surface area contributed by atoms with Crippen LogP contribution in [0.1, 0.15) is 55.7 Å². The highest BCUT2D eigenvalue weighted by molar-refractivity contribution is 5.95. The van der Waals surface area contributed by atoms with Gasteiger partial charge in [0.1, 0.15) is 0 Å². The number of piperidine rings is 1. The average molecular weight is 462 g/mol. The summed E-state index contributed by atoms with van der Waals surface area (Å²) in [5.41, 5.74) is 1.65. The van der Waals surface area contributed by atoms with Gasteiger partial charge in [-0.05, 0) is 56.5 Å². The molecule has 2 aliphatic heterocycles. The molecule has 0 radical (unpaired) electrons. The summed E-state index contributed by atoms with van der Waals surface area (Å²) in [5, 5.41) is 0. The van der Waals surface area contributed by atoms with E-state index in [0.29, 0.717) is 19.4 Å². The number of rotatable bonds is 7. The Morgan fingerprint density at radius 2 is 1.97 bits per heavy atom. The van der Waals surface area contributed by atoms with Gasteiger partial charge in [-0.15, -0.1) is 0 Å². The smallest absolute Gasteiger partial charge is 0.183 e. The van der Waals surface area contributed by atoms with Gasteiger partial charge in [0, 0.05) is 31.1 Å². The minimum absolute atomic E-state index is 0.209. The first kappa shape index (κ1) is 22.1. The molecular weight excluding hydrogens is 426 g/mol. The van der Waals surface area contributed by atoms with Gasteiger partial charge in [-0.3, -0.25) is 4.79 Å². The Morgan fingerprint density at radius 3 is 2.74 bits per heavy atom. The molecule has 0 amide bonds. The fourth-order valence-corrected chi connectivity index (χ4v) is 7.76. The largest absolute Gasteiger partial charge is 0.493 e. The van der Waals surface area contributed by atoms with Crippen LogP contribution >= 0.6 is 0 Å². The van der Waals surface area contributed by atoms with Crippen LogP contribution in [0.15, 0.2) is 42.5 Å². The minimum Gasteiger partial charge on any atom is -0.493 e. The van der Waals surface area contributed by atoms with Gasteiger partial charge >= 0.3 is 0 Å². The van der Waals surface area contributed by atoms with E-state index in [9.17, 15) is 4.79 Å². The van der Waals surface area contributed by atoms with Crippen molar-refractivity contribution >= 4 is 5.78 Å². The number of benzene rings is 2. The van der Waals surface area contributed by atoms with E-state index in [2.05, 4.69) is 37.1 Å². The van der Waals surface area contributed by atoms with E-state index < -0.39 is 16.6 Å². The van der Waals surface area contributed by atoms with Gasteiger partial charge in [0.05, 0.1) is 18.1 Å². The molecule has 2 aliphatic carbocycles. The number of carbonyl (C=O) groups is 1. The highest BCUT2D eigenvalue weighted by Gasteiger charge is 2.80. The molecule has 0 aromatic heterocycles. The molecule has 5 heteroatoms. The molecule has 2 aromatic rings. The van der Waals surface area contributed by atoms with Crippen LogP contribution in [-0.2, 0) is 27.8 Å². The van der Waals surface area contributed by atoms with Crippen LogP contribution < -0.4 is 9.47 Å². The molecule has 5 nitrogen and oxygen atoms in total. The monoisotopic (exact) mass is 461 g/mol. The van der Waals surface area contributed by atoms with E-state index >= 15 is 0 Å². The lowest BCUT2D eigenvalue weighted by atomic mass is 9.44. The van der Waals surface area contributed by atoms with Crippen molar-refractivity contribution in [3.63, 3.8) is 0 Å². The third-order valence-electron chi connectivity index (χ3n) is 9.19. The van der Waals surface area contributed by atoms with Gasteiger partial charge in [-0.25, -0.2) is 0 Å². The zero-order valence-electron chi connectivity index (χ0n) is 20.6. The molecule has 2 fully saturated rings. The van der Waals surface area contributed by atoms with Crippen LogP contribution in [0.3, 0.4) is 0 Å². The molecule has 2 aromatic carbocycles. The second-order valence-corrected chi connectivity index (χ2v) is 10.6. The van der Waals surface area contributed by atoms with Crippen molar-refractivity contribution in [1.29, 1.82) is 0 Å². The summed E-state index contributed by atoms with van der Waals surface area (Å²) in [6.45, 7) is 3.84. The van der Waals surface area contributed by atoms with Crippen LogP contribution in [-0.4, -0.2) is 55.2 Å². The number of carbonyl (C=O) groups excluding carboxylic acids is 1. The molecule has 4 aliphatic rings. The Bertz CT molecular complexity index is 1120. The maximum absolute atomic E-state index is 14.2. The Labute approximate surface area is 202 Å². The molecule has 2 heterocycles. The number of nitrogens with zero attached hydrogens (tertiary/aromatic N) is 1. The number of likely N-dealkylation sites (N-methyl/N-ethyl adjacent to an activating group) is 1. The van der Waals surface area contributed by atoms with Gasteiger partial charge in [0.15, 0.2) is 22.9 Å². The van der Waals surface area contributed by atoms with Crippen molar-refractivity contribution in [2.75, 3.05) is 27.3 Å². The fourth-order valence-electron chi connectivity index (χ4n) is 7.76. The number of ketones is 1. The lowest BCUT2D eigenvalue weighted by Crippen LogP contribution is -2.81. The van der Waals surface area contributed by atoms with Crippen molar-refractivity contribution in [2.24, 2.45) is 0 Å². The van der Waals surface area contributed by atoms with Crippen molar-refractivity contribution in [3.8, 4) is 11.5 Å². The second kappa shape index (κ2) is 7.82. The predicted molar refractivity (Wildman–Crippen MR) is 131 cm³/mol. The highest BCUT2D eigenvalue weighted by Crippen LogP contribution is 2.70. The summed E-state index contributed by atoms with van der Waals surface area (Å²) in [5.74, 6) is 1.71. The summed E-state index contributed by atoms with van der Waals surface area (Å²) in [4.78, 5) is 16.6. The average Bonchev–Trinajstić information content (AvgIpc) is 3.15. The Morgan fingerprint density at radius 1 is 1.15 bits per heavy atom. The molecule has 0 N–H and O–H groups in total. The molecule has 0 unspecified atom stereocenters. The number of hydrogen-bond donors (Lipinski definition) is 0. The highest BCUT2D eigenvalue weighted by atomic mass is 16.5. The van der Waals surface area contributed by atoms with Gasteiger partial charge in [-0.2, -0.15) is 0 Å².